The van der Waals surface area contributed by atoms with Crippen molar-refractivity contribution in [3.63, 3.8) is 0 Å². The minimum Gasteiger partial charge on any atom is -0.309 e. The number of hydrogen-bond donors (Lipinski definition) is 1. The summed E-state index contributed by atoms with van der Waals surface area (Å²) in [5.74, 6) is 1.07. The Bertz CT molecular complexity index is 698. The van der Waals surface area contributed by atoms with E-state index in [9.17, 15) is 0 Å². The highest BCUT2D eigenvalue weighted by Gasteiger charge is 2.11. The highest BCUT2D eigenvalue weighted by molar-refractivity contribution is 7.99. The first kappa shape index (κ1) is 16.8. The normalized spacial score (nSPS) is 12.0. The van der Waals surface area contributed by atoms with Gasteiger partial charge in [0, 0.05) is 23.2 Å². The molecular weight excluding hydrogens is 310 g/mol. The molecule has 1 N–H and O–H groups in total. The fraction of sp³-hybridized carbons (Fsp3) is 0.182. The summed E-state index contributed by atoms with van der Waals surface area (Å²) in [4.78, 5) is 1.33. The molecule has 0 saturated carbocycles. The van der Waals surface area contributed by atoms with E-state index in [2.05, 4.69) is 96.3 Å². The number of rotatable bonds is 8. The topological polar surface area (TPSA) is 12.0 Å². The lowest BCUT2D eigenvalue weighted by Gasteiger charge is -2.19. The van der Waals surface area contributed by atoms with E-state index in [1.807, 2.05) is 11.8 Å². The van der Waals surface area contributed by atoms with Crippen LogP contribution in [0.15, 0.2) is 95.9 Å². The van der Waals surface area contributed by atoms with Gasteiger partial charge in [0.1, 0.15) is 0 Å². The third-order valence-corrected chi connectivity index (χ3v) is 5.00. The summed E-state index contributed by atoms with van der Waals surface area (Å²) in [6, 6.07) is 32.4. The lowest BCUT2D eigenvalue weighted by molar-refractivity contribution is 0.552. The molecule has 0 heterocycles. The van der Waals surface area contributed by atoms with Crippen LogP contribution in [0.3, 0.4) is 0 Å². The van der Waals surface area contributed by atoms with Crippen LogP contribution in [0.2, 0.25) is 0 Å². The van der Waals surface area contributed by atoms with Gasteiger partial charge < -0.3 is 5.32 Å². The van der Waals surface area contributed by atoms with Crippen molar-refractivity contribution in [1.82, 2.24) is 5.32 Å². The Kier molecular flexibility index (Phi) is 6.52. The van der Waals surface area contributed by atoms with E-state index in [4.69, 9.17) is 0 Å². The predicted molar refractivity (Wildman–Crippen MR) is 104 cm³/mol. The minimum atomic E-state index is 0.352. The number of hydrogen-bond acceptors (Lipinski definition) is 2. The van der Waals surface area contributed by atoms with Crippen molar-refractivity contribution >= 4 is 11.8 Å². The third kappa shape index (κ3) is 5.26. The first-order valence-corrected chi connectivity index (χ1v) is 9.40. The van der Waals surface area contributed by atoms with Gasteiger partial charge in [-0.1, -0.05) is 78.9 Å². The van der Waals surface area contributed by atoms with Crippen molar-refractivity contribution < 1.29 is 0 Å². The maximum Gasteiger partial charge on any atom is 0.0361 e. The van der Waals surface area contributed by atoms with Crippen molar-refractivity contribution in [1.29, 1.82) is 0 Å². The maximum absolute atomic E-state index is 3.73. The molecule has 122 valence electrons. The van der Waals surface area contributed by atoms with Gasteiger partial charge in [-0.15, -0.1) is 11.8 Å². The van der Waals surface area contributed by atoms with Crippen LogP contribution in [-0.2, 0) is 6.42 Å². The van der Waals surface area contributed by atoms with Crippen molar-refractivity contribution in [2.75, 3.05) is 12.3 Å². The molecule has 1 nitrogen and oxygen atoms in total. The number of nitrogens with one attached hydrogen (secondary N) is 1. The smallest absolute Gasteiger partial charge is 0.0361 e. The summed E-state index contributed by atoms with van der Waals surface area (Å²) in [6.07, 6.45) is 1.01. The molecule has 1 atom stereocenters. The second-order valence-corrected chi connectivity index (χ2v) is 6.94. The standard InChI is InChI=1S/C22H23NS/c1-4-10-19(11-5-1)18-22(20-12-6-2-7-13-20)23-16-17-24-21-14-8-3-9-15-21/h1-15,22-23H,16-18H2/t22-/m1/s1. The monoisotopic (exact) mass is 333 g/mol. The lowest BCUT2D eigenvalue weighted by atomic mass is 9.99. The first-order chi connectivity index (χ1) is 11.9. The molecule has 2 heteroatoms. The molecule has 0 fully saturated rings. The quantitative estimate of drug-likeness (QED) is 0.440. The van der Waals surface area contributed by atoms with E-state index in [0.29, 0.717) is 6.04 Å². The summed E-state index contributed by atoms with van der Waals surface area (Å²) in [5.41, 5.74) is 2.72. The molecule has 0 aromatic heterocycles. The molecule has 0 spiro atoms. The zero-order chi connectivity index (χ0) is 16.5. The fourth-order valence-corrected chi connectivity index (χ4v) is 3.57. The molecule has 3 aromatic carbocycles. The Balaban J connectivity index is 1.58. The summed E-state index contributed by atoms with van der Waals surface area (Å²) >= 11 is 1.90. The summed E-state index contributed by atoms with van der Waals surface area (Å²) in [6.45, 7) is 0.992. The molecule has 0 aliphatic carbocycles. The Morgan fingerprint density at radius 3 is 1.96 bits per heavy atom. The molecule has 3 rings (SSSR count). The Labute approximate surface area is 149 Å². The molecule has 0 bridgehead atoms. The second-order valence-electron chi connectivity index (χ2n) is 5.77. The zero-order valence-electron chi connectivity index (χ0n) is 13.8. The molecule has 0 unspecified atom stereocenters. The molecule has 0 amide bonds. The van der Waals surface area contributed by atoms with Gasteiger partial charge in [-0.2, -0.15) is 0 Å². The van der Waals surface area contributed by atoms with E-state index in [-0.39, 0.29) is 0 Å². The van der Waals surface area contributed by atoms with E-state index in [0.717, 1.165) is 18.7 Å². The fourth-order valence-electron chi connectivity index (χ4n) is 2.76. The van der Waals surface area contributed by atoms with Crippen molar-refractivity contribution in [2.24, 2.45) is 0 Å². The average Bonchev–Trinajstić information content (AvgIpc) is 2.66. The van der Waals surface area contributed by atoms with Crippen LogP contribution in [0.1, 0.15) is 17.2 Å². The van der Waals surface area contributed by atoms with Gasteiger partial charge in [0.25, 0.3) is 0 Å². The van der Waals surface area contributed by atoms with Gasteiger partial charge >= 0.3 is 0 Å². The minimum absolute atomic E-state index is 0.352. The Hall–Kier alpha value is -2.03. The maximum atomic E-state index is 3.73. The predicted octanol–water partition coefficient (Wildman–Crippen LogP) is 5.35. The second kappa shape index (κ2) is 9.31. The van der Waals surface area contributed by atoms with Crippen molar-refractivity contribution in [2.45, 2.75) is 17.4 Å². The molecule has 0 radical (unpaired) electrons. The van der Waals surface area contributed by atoms with Gasteiger partial charge in [0.05, 0.1) is 0 Å². The van der Waals surface area contributed by atoms with E-state index in [1.165, 1.54) is 16.0 Å². The molecule has 0 aliphatic rings. The number of benzene rings is 3. The SMILES string of the molecule is c1ccc(C[C@@H](NCCSc2ccccc2)c2ccccc2)cc1. The molecular formula is C22H23NS. The van der Waals surface area contributed by atoms with Gasteiger partial charge in [0.2, 0.25) is 0 Å². The molecule has 3 aromatic rings. The van der Waals surface area contributed by atoms with Crippen LogP contribution in [0, 0.1) is 0 Å². The molecule has 0 saturated heterocycles. The average molecular weight is 334 g/mol. The summed E-state index contributed by atoms with van der Waals surface area (Å²) in [5, 5.41) is 3.73. The van der Waals surface area contributed by atoms with Crippen molar-refractivity contribution in [3.05, 3.63) is 102 Å². The van der Waals surface area contributed by atoms with Gasteiger partial charge in [-0.25, -0.2) is 0 Å². The Morgan fingerprint density at radius 2 is 1.29 bits per heavy atom. The summed E-state index contributed by atoms with van der Waals surface area (Å²) < 4.78 is 0. The molecule has 0 aliphatic heterocycles. The zero-order valence-corrected chi connectivity index (χ0v) is 14.6. The summed E-state index contributed by atoms with van der Waals surface area (Å²) in [7, 11) is 0. The van der Waals surface area contributed by atoms with E-state index in [1.54, 1.807) is 0 Å². The van der Waals surface area contributed by atoms with Crippen LogP contribution < -0.4 is 5.32 Å². The Morgan fingerprint density at radius 1 is 0.708 bits per heavy atom. The van der Waals surface area contributed by atoms with Crippen molar-refractivity contribution in [3.8, 4) is 0 Å². The number of thioether (sulfide) groups is 1. The lowest BCUT2D eigenvalue weighted by Crippen LogP contribution is -2.25. The van der Waals surface area contributed by atoms with Crippen LogP contribution >= 0.6 is 11.8 Å². The van der Waals surface area contributed by atoms with Gasteiger partial charge in [-0.05, 0) is 29.7 Å². The first-order valence-electron chi connectivity index (χ1n) is 8.42. The largest absolute Gasteiger partial charge is 0.309 e. The highest BCUT2D eigenvalue weighted by atomic mass is 32.2. The van der Waals surface area contributed by atoms with Gasteiger partial charge in [-0.3, -0.25) is 0 Å². The van der Waals surface area contributed by atoms with E-state index >= 15 is 0 Å². The van der Waals surface area contributed by atoms with E-state index < -0.39 is 0 Å². The van der Waals surface area contributed by atoms with Crippen LogP contribution in [-0.4, -0.2) is 12.3 Å². The highest BCUT2D eigenvalue weighted by Crippen LogP contribution is 2.20. The van der Waals surface area contributed by atoms with Crippen LogP contribution in [0.25, 0.3) is 0 Å². The van der Waals surface area contributed by atoms with Gasteiger partial charge in [0.15, 0.2) is 0 Å². The third-order valence-electron chi connectivity index (χ3n) is 3.99. The van der Waals surface area contributed by atoms with Crippen LogP contribution in [0.5, 0.6) is 0 Å². The molecule has 24 heavy (non-hydrogen) atoms. The van der Waals surface area contributed by atoms with Crippen LogP contribution in [0.4, 0.5) is 0 Å².